The number of fused-ring (bicyclic) bond motifs is 1. The smallest absolute Gasteiger partial charge is 0.328 e. The summed E-state index contributed by atoms with van der Waals surface area (Å²) in [4.78, 5) is 39.2. The van der Waals surface area contributed by atoms with Crippen molar-refractivity contribution in [2.45, 2.75) is 60.4 Å². The molecule has 0 unspecified atom stereocenters. The number of ketones is 1. The Balaban J connectivity index is 2.26. The molecule has 24 heavy (non-hydrogen) atoms. The average molecular weight is 337 g/mol. The van der Waals surface area contributed by atoms with Gasteiger partial charge < -0.3 is 9.64 Å². The van der Waals surface area contributed by atoms with Gasteiger partial charge in [0.25, 0.3) is 0 Å². The largest absolute Gasteiger partial charge is 0.467 e. The molecule has 1 saturated carbocycles. The highest BCUT2D eigenvalue weighted by Gasteiger charge is 2.70. The van der Waals surface area contributed by atoms with Crippen LogP contribution in [0, 0.1) is 28.6 Å². The van der Waals surface area contributed by atoms with Crippen LogP contribution in [0.1, 0.15) is 54.4 Å². The molecule has 2 rings (SSSR count). The van der Waals surface area contributed by atoms with E-state index in [2.05, 4.69) is 13.8 Å². The molecule has 5 nitrogen and oxygen atoms in total. The monoisotopic (exact) mass is 337 g/mol. The van der Waals surface area contributed by atoms with E-state index in [0.29, 0.717) is 18.9 Å². The van der Waals surface area contributed by atoms with E-state index in [4.69, 9.17) is 4.74 Å². The van der Waals surface area contributed by atoms with Crippen molar-refractivity contribution in [3.8, 4) is 0 Å². The average Bonchev–Trinajstić information content (AvgIpc) is 2.87. The predicted octanol–water partition coefficient (Wildman–Crippen LogP) is 2.67. The Kier molecular flexibility index (Phi) is 4.86. The molecule has 5 heteroatoms. The molecule has 1 amide bonds. The highest BCUT2D eigenvalue weighted by atomic mass is 16.5. The van der Waals surface area contributed by atoms with Gasteiger partial charge in [0.05, 0.1) is 7.11 Å². The molecule has 0 aromatic carbocycles. The molecule has 4 atom stereocenters. The standard InChI is InChI=1S/C19H31NO4/c1-8-11(21)9-12(18(2,3)4)16(22)20-10-13-14(19(13,5)6)15(20)17(23)24-7/h12-15H,8-10H2,1-7H3/t12-,13+,14+,15+/m1/s1. The first kappa shape index (κ1) is 18.9. The summed E-state index contributed by atoms with van der Waals surface area (Å²) in [5.41, 5.74) is -0.253. The Labute approximate surface area is 145 Å². The number of hydrogen-bond acceptors (Lipinski definition) is 4. The quantitative estimate of drug-likeness (QED) is 0.724. The molecule has 136 valence electrons. The number of Topliss-reactive ketones (excluding diaryl/α,β-unsaturated/α-hetero) is 1. The van der Waals surface area contributed by atoms with Crippen molar-refractivity contribution in [2.24, 2.45) is 28.6 Å². The first-order valence-corrected chi connectivity index (χ1v) is 8.86. The van der Waals surface area contributed by atoms with Crippen molar-refractivity contribution in [3.05, 3.63) is 0 Å². The second-order valence-electron chi connectivity index (χ2n) is 8.93. The Morgan fingerprint density at radius 3 is 2.29 bits per heavy atom. The molecular formula is C19H31NO4. The Morgan fingerprint density at radius 2 is 1.83 bits per heavy atom. The van der Waals surface area contributed by atoms with Crippen molar-refractivity contribution >= 4 is 17.7 Å². The molecule has 0 aromatic heterocycles. The van der Waals surface area contributed by atoms with E-state index in [1.54, 1.807) is 4.90 Å². The van der Waals surface area contributed by atoms with Crippen LogP contribution in [0.2, 0.25) is 0 Å². The van der Waals surface area contributed by atoms with Gasteiger partial charge in [-0.05, 0) is 16.7 Å². The Morgan fingerprint density at radius 1 is 1.25 bits per heavy atom. The van der Waals surface area contributed by atoms with E-state index in [9.17, 15) is 14.4 Å². The van der Waals surface area contributed by atoms with Gasteiger partial charge in [-0.15, -0.1) is 0 Å². The first-order chi connectivity index (χ1) is 11.0. The number of amides is 1. The van der Waals surface area contributed by atoms with E-state index < -0.39 is 12.0 Å². The van der Waals surface area contributed by atoms with Gasteiger partial charge in [0.2, 0.25) is 5.91 Å². The van der Waals surface area contributed by atoms with Gasteiger partial charge in [-0.2, -0.15) is 0 Å². The van der Waals surface area contributed by atoms with Crippen molar-refractivity contribution < 1.29 is 19.1 Å². The third kappa shape index (κ3) is 3.09. The number of methoxy groups -OCH3 is 1. The lowest BCUT2D eigenvalue weighted by atomic mass is 9.76. The maximum atomic E-state index is 13.2. The Bertz CT molecular complexity index is 546. The van der Waals surface area contributed by atoms with Gasteiger partial charge in [0.15, 0.2) is 0 Å². The molecule has 0 spiro atoms. The molecule has 0 bridgehead atoms. The second kappa shape index (κ2) is 6.16. The Hall–Kier alpha value is -1.39. The zero-order valence-corrected chi connectivity index (χ0v) is 16.0. The summed E-state index contributed by atoms with van der Waals surface area (Å²) in [5.74, 6) is -0.233. The van der Waals surface area contributed by atoms with Crippen molar-refractivity contribution in [3.63, 3.8) is 0 Å². The number of nitrogens with zero attached hydrogens (tertiary/aromatic N) is 1. The molecule has 2 aliphatic rings. The molecule has 1 heterocycles. The summed E-state index contributed by atoms with van der Waals surface area (Å²) >= 11 is 0. The number of hydrogen-bond donors (Lipinski definition) is 0. The van der Waals surface area contributed by atoms with Crippen LogP contribution < -0.4 is 0 Å². The van der Waals surface area contributed by atoms with Crippen molar-refractivity contribution in [1.82, 2.24) is 4.90 Å². The predicted molar refractivity (Wildman–Crippen MR) is 91.1 cm³/mol. The molecule has 1 aliphatic carbocycles. The van der Waals surface area contributed by atoms with E-state index in [-0.39, 0.29) is 40.8 Å². The summed E-state index contributed by atoms with van der Waals surface area (Å²) in [6, 6.07) is -0.510. The zero-order valence-electron chi connectivity index (χ0n) is 16.0. The van der Waals surface area contributed by atoms with E-state index in [1.807, 2.05) is 27.7 Å². The normalized spacial score (nSPS) is 29.0. The third-order valence-corrected chi connectivity index (χ3v) is 6.10. The van der Waals surface area contributed by atoms with E-state index in [1.165, 1.54) is 7.11 Å². The van der Waals surface area contributed by atoms with E-state index >= 15 is 0 Å². The molecule has 1 saturated heterocycles. The fourth-order valence-electron chi connectivity index (χ4n) is 4.24. The number of esters is 1. The van der Waals surface area contributed by atoms with Crippen LogP contribution in [0.15, 0.2) is 0 Å². The number of rotatable bonds is 5. The van der Waals surface area contributed by atoms with Gasteiger partial charge in [-0.25, -0.2) is 4.79 Å². The van der Waals surface area contributed by atoms with Crippen molar-refractivity contribution in [1.29, 1.82) is 0 Å². The van der Waals surface area contributed by atoms with Crippen molar-refractivity contribution in [2.75, 3.05) is 13.7 Å². The lowest BCUT2D eigenvalue weighted by Gasteiger charge is -2.36. The SMILES string of the molecule is CCC(=O)C[C@H](C(=O)N1C[C@H]2[C@@H]([C@H]1C(=O)OC)C2(C)C)C(C)(C)C. The lowest BCUT2D eigenvalue weighted by molar-refractivity contribution is -0.156. The highest BCUT2D eigenvalue weighted by molar-refractivity contribution is 5.91. The summed E-state index contributed by atoms with van der Waals surface area (Å²) in [6.45, 7) is 12.6. The molecule has 2 fully saturated rings. The minimum Gasteiger partial charge on any atom is -0.467 e. The summed E-state index contributed by atoms with van der Waals surface area (Å²) in [5, 5.41) is 0. The van der Waals surface area contributed by atoms with E-state index in [0.717, 1.165) is 0 Å². The first-order valence-electron chi connectivity index (χ1n) is 8.86. The van der Waals surface area contributed by atoms with Gasteiger partial charge in [-0.3, -0.25) is 9.59 Å². The highest BCUT2D eigenvalue weighted by Crippen LogP contribution is 2.65. The topological polar surface area (TPSA) is 63.7 Å². The summed E-state index contributed by atoms with van der Waals surface area (Å²) in [7, 11) is 1.37. The molecular weight excluding hydrogens is 306 g/mol. The molecule has 0 radical (unpaired) electrons. The van der Waals surface area contributed by atoms with Crippen LogP contribution in [0.3, 0.4) is 0 Å². The fourth-order valence-corrected chi connectivity index (χ4v) is 4.24. The van der Waals surface area contributed by atoms with Crippen LogP contribution in [0.5, 0.6) is 0 Å². The van der Waals surface area contributed by atoms with Gasteiger partial charge in [0, 0.05) is 31.2 Å². The van der Waals surface area contributed by atoms with Gasteiger partial charge in [-0.1, -0.05) is 41.5 Å². The number of ether oxygens (including phenoxy) is 1. The second-order valence-corrected chi connectivity index (χ2v) is 8.93. The van der Waals surface area contributed by atoms with Crippen LogP contribution in [-0.2, 0) is 19.1 Å². The number of likely N-dealkylation sites (tertiary alicyclic amines) is 1. The molecule has 0 N–H and O–H groups in total. The van der Waals surface area contributed by atoms with Crippen LogP contribution in [0.4, 0.5) is 0 Å². The number of carbonyl (C=O) groups excluding carboxylic acids is 3. The lowest BCUT2D eigenvalue weighted by Crippen LogP contribution is -2.50. The number of carbonyl (C=O) groups is 3. The van der Waals surface area contributed by atoms with Gasteiger partial charge in [0.1, 0.15) is 11.8 Å². The third-order valence-electron chi connectivity index (χ3n) is 6.10. The van der Waals surface area contributed by atoms with Gasteiger partial charge >= 0.3 is 5.97 Å². The fraction of sp³-hybridized carbons (Fsp3) is 0.842. The summed E-state index contributed by atoms with van der Waals surface area (Å²) in [6.07, 6.45) is 0.667. The zero-order chi connectivity index (χ0) is 18.4. The molecule has 1 aliphatic heterocycles. The van der Waals surface area contributed by atoms with Crippen LogP contribution in [-0.4, -0.2) is 42.3 Å². The van der Waals surface area contributed by atoms with Crippen LogP contribution >= 0.6 is 0 Å². The van der Waals surface area contributed by atoms with Crippen LogP contribution in [0.25, 0.3) is 0 Å². The minimum absolute atomic E-state index is 0.0755. The maximum absolute atomic E-state index is 13.2. The maximum Gasteiger partial charge on any atom is 0.328 e. The summed E-state index contributed by atoms with van der Waals surface area (Å²) < 4.78 is 4.97. The molecule has 0 aromatic rings. The minimum atomic E-state index is -0.510. The number of piperidine rings is 1.